The number of hydrogen-bond acceptors (Lipinski definition) is 3. The lowest BCUT2D eigenvalue weighted by Crippen LogP contribution is -1.85. The van der Waals surface area contributed by atoms with Crippen LogP contribution in [0.1, 0.15) is 0 Å². The van der Waals surface area contributed by atoms with Crippen molar-refractivity contribution in [1.29, 1.82) is 0 Å². The molecule has 0 atom stereocenters. The molecule has 0 fully saturated rings. The first-order chi connectivity index (χ1) is 6.16. The van der Waals surface area contributed by atoms with Gasteiger partial charge in [0.25, 0.3) is 0 Å². The van der Waals surface area contributed by atoms with E-state index in [4.69, 9.17) is 16.7 Å². The van der Waals surface area contributed by atoms with Crippen molar-refractivity contribution >= 4 is 45.2 Å². The minimum Gasteiger partial charge on any atom is -0.492 e. The van der Waals surface area contributed by atoms with Crippen LogP contribution >= 0.6 is 34.2 Å². The summed E-state index contributed by atoms with van der Waals surface area (Å²) in [5.41, 5.74) is 1.33. The Balaban J connectivity index is 2.81. The Bertz CT molecular complexity index is 475. The van der Waals surface area contributed by atoms with Gasteiger partial charge < -0.3 is 5.11 Å². The molecule has 0 saturated heterocycles. The third kappa shape index (κ3) is 1.68. The van der Waals surface area contributed by atoms with E-state index in [1.807, 2.05) is 6.07 Å². The van der Waals surface area contributed by atoms with Crippen LogP contribution in [0.25, 0.3) is 11.0 Å². The molecule has 1 aromatic heterocycles. The van der Waals surface area contributed by atoms with Gasteiger partial charge in [0.1, 0.15) is 0 Å². The van der Waals surface area contributed by atoms with Crippen molar-refractivity contribution in [2.45, 2.75) is 0 Å². The largest absolute Gasteiger partial charge is 0.492 e. The molecule has 0 unspecified atom stereocenters. The number of hydrogen-bond donors (Lipinski definition) is 1. The van der Waals surface area contributed by atoms with Crippen LogP contribution in [0.2, 0.25) is 5.02 Å². The van der Waals surface area contributed by atoms with Crippen molar-refractivity contribution in [3.05, 3.63) is 26.9 Å². The van der Waals surface area contributed by atoms with Crippen molar-refractivity contribution in [1.82, 2.24) is 9.97 Å². The van der Waals surface area contributed by atoms with Gasteiger partial charge in [-0.25, -0.2) is 9.97 Å². The Morgan fingerprint density at radius 2 is 2.08 bits per heavy atom. The van der Waals surface area contributed by atoms with Crippen LogP contribution in [0.5, 0.6) is 5.88 Å². The topological polar surface area (TPSA) is 46.0 Å². The zero-order chi connectivity index (χ0) is 9.42. The highest BCUT2D eigenvalue weighted by Gasteiger charge is 2.03. The highest BCUT2D eigenvalue weighted by atomic mass is 127. The fourth-order valence-electron chi connectivity index (χ4n) is 0.998. The van der Waals surface area contributed by atoms with Crippen molar-refractivity contribution in [2.75, 3.05) is 0 Å². The molecule has 1 aromatic carbocycles. The summed E-state index contributed by atoms with van der Waals surface area (Å²) in [5, 5.41) is 9.69. The fourth-order valence-corrected chi connectivity index (χ4v) is 1.61. The number of halogens is 2. The Morgan fingerprint density at radius 3 is 2.85 bits per heavy atom. The summed E-state index contributed by atoms with van der Waals surface area (Å²) in [4.78, 5) is 7.89. The maximum absolute atomic E-state index is 9.07. The SMILES string of the molecule is Oc1cnc2cc(I)c(Cl)cc2n1. The van der Waals surface area contributed by atoms with Gasteiger partial charge in [-0.05, 0) is 34.7 Å². The van der Waals surface area contributed by atoms with E-state index in [0.29, 0.717) is 10.5 Å². The van der Waals surface area contributed by atoms with E-state index in [2.05, 4.69) is 32.6 Å². The molecular formula is C8H4ClIN2O. The third-order valence-corrected chi connectivity index (χ3v) is 3.10. The highest BCUT2D eigenvalue weighted by molar-refractivity contribution is 14.1. The predicted octanol–water partition coefficient (Wildman–Crippen LogP) is 2.59. The lowest BCUT2D eigenvalue weighted by atomic mass is 10.3. The highest BCUT2D eigenvalue weighted by Crippen LogP contribution is 2.23. The number of benzene rings is 1. The molecular weight excluding hydrogens is 302 g/mol. The van der Waals surface area contributed by atoms with Crippen molar-refractivity contribution in [3.63, 3.8) is 0 Å². The smallest absolute Gasteiger partial charge is 0.230 e. The molecule has 0 amide bonds. The average molecular weight is 306 g/mol. The van der Waals surface area contributed by atoms with E-state index in [0.717, 1.165) is 9.09 Å². The normalized spacial score (nSPS) is 10.6. The second-order valence-electron chi connectivity index (χ2n) is 2.48. The summed E-state index contributed by atoms with van der Waals surface area (Å²) in [7, 11) is 0. The monoisotopic (exact) mass is 306 g/mol. The number of aromatic hydroxyl groups is 1. The molecule has 0 spiro atoms. The van der Waals surface area contributed by atoms with Crippen LogP contribution in [0.4, 0.5) is 0 Å². The van der Waals surface area contributed by atoms with Crippen LogP contribution in [-0.2, 0) is 0 Å². The standard InChI is InChI=1S/C8H4ClIN2O/c9-4-1-7-6(2-5(4)10)11-3-8(13)12-7/h1-3H,(H,12,13). The summed E-state index contributed by atoms with van der Waals surface area (Å²) >= 11 is 8.00. The van der Waals surface area contributed by atoms with E-state index in [9.17, 15) is 0 Å². The number of fused-ring (bicyclic) bond motifs is 1. The minimum absolute atomic E-state index is 0.0928. The summed E-state index contributed by atoms with van der Waals surface area (Å²) in [6.07, 6.45) is 1.31. The van der Waals surface area contributed by atoms with E-state index in [1.54, 1.807) is 6.07 Å². The van der Waals surface area contributed by atoms with Gasteiger partial charge in [0, 0.05) is 3.57 Å². The lowest BCUT2D eigenvalue weighted by Gasteiger charge is -1.99. The molecule has 5 heteroatoms. The van der Waals surface area contributed by atoms with Gasteiger partial charge in [0.05, 0.1) is 22.3 Å². The van der Waals surface area contributed by atoms with E-state index in [-0.39, 0.29) is 5.88 Å². The molecule has 0 bridgehead atoms. The van der Waals surface area contributed by atoms with Crippen molar-refractivity contribution in [2.24, 2.45) is 0 Å². The maximum atomic E-state index is 9.07. The maximum Gasteiger partial charge on any atom is 0.230 e. The summed E-state index contributed by atoms with van der Waals surface area (Å²) < 4.78 is 0.923. The molecule has 0 saturated carbocycles. The second kappa shape index (κ2) is 3.26. The molecule has 3 nitrogen and oxygen atoms in total. The molecule has 66 valence electrons. The van der Waals surface area contributed by atoms with E-state index in [1.165, 1.54) is 6.20 Å². The average Bonchev–Trinajstić information content (AvgIpc) is 2.08. The zero-order valence-electron chi connectivity index (χ0n) is 6.33. The Hall–Kier alpha value is -0.620. The van der Waals surface area contributed by atoms with E-state index >= 15 is 0 Å². The van der Waals surface area contributed by atoms with Gasteiger partial charge in [0.2, 0.25) is 5.88 Å². The molecule has 13 heavy (non-hydrogen) atoms. The van der Waals surface area contributed by atoms with E-state index < -0.39 is 0 Å². The summed E-state index contributed by atoms with van der Waals surface area (Å²) in [5.74, 6) is -0.0928. The molecule has 0 aliphatic rings. The third-order valence-electron chi connectivity index (χ3n) is 1.57. The molecule has 2 rings (SSSR count). The number of rotatable bonds is 0. The van der Waals surface area contributed by atoms with Gasteiger partial charge in [0.15, 0.2) is 0 Å². The van der Waals surface area contributed by atoms with Gasteiger partial charge >= 0.3 is 0 Å². The second-order valence-corrected chi connectivity index (χ2v) is 4.05. The Morgan fingerprint density at radius 1 is 1.31 bits per heavy atom. The molecule has 1 heterocycles. The van der Waals surface area contributed by atoms with Gasteiger partial charge in [-0.3, -0.25) is 0 Å². The van der Waals surface area contributed by atoms with Crippen LogP contribution in [0.15, 0.2) is 18.3 Å². The Labute approximate surface area is 92.9 Å². The van der Waals surface area contributed by atoms with Gasteiger partial charge in [-0.1, -0.05) is 11.6 Å². The molecule has 0 radical (unpaired) electrons. The quantitative estimate of drug-likeness (QED) is 0.761. The van der Waals surface area contributed by atoms with Gasteiger partial charge in [-0.15, -0.1) is 0 Å². The van der Waals surface area contributed by atoms with Gasteiger partial charge in [-0.2, -0.15) is 0 Å². The number of aromatic nitrogens is 2. The fraction of sp³-hybridized carbons (Fsp3) is 0. The minimum atomic E-state index is -0.0928. The number of nitrogens with zero attached hydrogens (tertiary/aromatic N) is 2. The Kier molecular flexibility index (Phi) is 2.25. The van der Waals surface area contributed by atoms with Crippen LogP contribution in [0, 0.1) is 3.57 Å². The van der Waals surface area contributed by atoms with Crippen LogP contribution in [0.3, 0.4) is 0 Å². The molecule has 0 aliphatic heterocycles. The first kappa shape index (κ1) is 8.96. The van der Waals surface area contributed by atoms with Crippen molar-refractivity contribution < 1.29 is 5.11 Å². The van der Waals surface area contributed by atoms with Crippen LogP contribution < -0.4 is 0 Å². The summed E-state index contributed by atoms with van der Waals surface area (Å²) in [6.45, 7) is 0. The molecule has 0 aliphatic carbocycles. The molecule has 1 N–H and O–H groups in total. The zero-order valence-corrected chi connectivity index (χ0v) is 9.24. The summed E-state index contributed by atoms with van der Waals surface area (Å²) in [6, 6.07) is 3.51. The first-order valence-electron chi connectivity index (χ1n) is 3.47. The van der Waals surface area contributed by atoms with Crippen molar-refractivity contribution in [3.8, 4) is 5.88 Å². The molecule has 2 aromatic rings. The van der Waals surface area contributed by atoms with Crippen LogP contribution in [-0.4, -0.2) is 15.1 Å². The lowest BCUT2D eigenvalue weighted by molar-refractivity contribution is 0.453. The first-order valence-corrected chi connectivity index (χ1v) is 4.93. The predicted molar refractivity (Wildman–Crippen MR) is 58.9 cm³/mol.